The molecule has 1 aliphatic heterocycles. The molecule has 136 valence electrons. The SMILES string of the molecule is CN1/C(=C\C=C\c2cc[n+](CCC[N+](C)(C)C)cc2)Sc2ccccc21. The van der Waals surface area contributed by atoms with E-state index in [1.54, 1.807) is 0 Å². The van der Waals surface area contributed by atoms with Crippen molar-refractivity contribution in [3.63, 3.8) is 0 Å². The van der Waals surface area contributed by atoms with Crippen LogP contribution in [0.15, 0.2) is 70.9 Å². The van der Waals surface area contributed by atoms with Crippen molar-refractivity contribution in [1.29, 1.82) is 0 Å². The zero-order chi connectivity index (χ0) is 18.6. The molecule has 0 aliphatic carbocycles. The average molecular weight is 368 g/mol. The standard InChI is InChI=1S/C22H29N3S/c1-23-20-10-5-6-11-21(20)26-22(23)12-7-9-19-13-16-24(17-14-19)15-8-18-25(2,3)4/h5-7,9-14,16-17H,8,15,18H2,1-4H3/q+2. The van der Waals surface area contributed by atoms with Gasteiger partial charge in [0.05, 0.1) is 44.8 Å². The molecule has 2 heterocycles. The molecule has 0 amide bonds. The number of benzene rings is 1. The van der Waals surface area contributed by atoms with Crippen molar-refractivity contribution >= 4 is 23.5 Å². The van der Waals surface area contributed by atoms with E-state index >= 15 is 0 Å². The summed E-state index contributed by atoms with van der Waals surface area (Å²) in [7, 11) is 8.85. The van der Waals surface area contributed by atoms with E-state index in [-0.39, 0.29) is 0 Å². The highest BCUT2D eigenvalue weighted by Gasteiger charge is 2.20. The normalized spacial score (nSPS) is 15.8. The molecular formula is C22H29N3S+2. The fourth-order valence-corrected chi connectivity index (χ4v) is 4.03. The first kappa shape index (κ1) is 18.7. The van der Waals surface area contributed by atoms with Crippen molar-refractivity contribution in [2.24, 2.45) is 0 Å². The van der Waals surface area contributed by atoms with Gasteiger partial charge in [-0.05, 0) is 23.8 Å². The lowest BCUT2D eigenvalue weighted by atomic mass is 10.2. The third-order valence-electron chi connectivity index (χ3n) is 4.46. The smallest absolute Gasteiger partial charge is 0.169 e. The molecule has 2 aromatic rings. The van der Waals surface area contributed by atoms with Gasteiger partial charge in [0.25, 0.3) is 0 Å². The summed E-state index contributed by atoms with van der Waals surface area (Å²) in [6.07, 6.45) is 12.0. The molecule has 4 heteroatoms. The molecule has 3 nitrogen and oxygen atoms in total. The number of quaternary nitrogens is 1. The second-order valence-corrected chi connectivity index (χ2v) is 8.79. The molecule has 0 saturated heterocycles. The predicted molar refractivity (Wildman–Crippen MR) is 112 cm³/mol. The quantitative estimate of drug-likeness (QED) is 0.559. The summed E-state index contributed by atoms with van der Waals surface area (Å²) >= 11 is 1.82. The summed E-state index contributed by atoms with van der Waals surface area (Å²) < 4.78 is 3.29. The summed E-state index contributed by atoms with van der Waals surface area (Å²) in [6, 6.07) is 12.9. The van der Waals surface area contributed by atoms with Gasteiger partial charge in [-0.2, -0.15) is 0 Å². The van der Waals surface area contributed by atoms with Gasteiger partial charge < -0.3 is 9.38 Å². The molecule has 0 saturated carbocycles. The van der Waals surface area contributed by atoms with Crippen LogP contribution in [0.2, 0.25) is 0 Å². The predicted octanol–water partition coefficient (Wildman–Crippen LogP) is 4.17. The van der Waals surface area contributed by atoms with Gasteiger partial charge in [-0.3, -0.25) is 0 Å². The maximum atomic E-state index is 2.27. The Balaban J connectivity index is 1.56. The second-order valence-electron chi connectivity index (χ2n) is 7.73. The molecule has 1 aliphatic rings. The van der Waals surface area contributed by atoms with Crippen LogP contribution >= 0.6 is 11.8 Å². The fraction of sp³-hybridized carbons (Fsp3) is 0.318. The lowest BCUT2D eigenvalue weighted by Crippen LogP contribution is -2.39. The number of hydrogen-bond donors (Lipinski definition) is 0. The number of hydrogen-bond acceptors (Lipinski definition) is 2. The van der Waals surface area contributed by atoms with Crippen LogP contribution in [0.1, 0.15) is 12.0 Å². The number of pyridine rings is 1. The van der Waals surface area contributed by atoms with E-state index in [1.165, 1.54) is 34.1 Å². The molecule has 0 N–H and O–H groups in total. The molecule has 0 bridgehead atoms. The van der Waals surface area contributed by atoms with Gasteiger partial charge in [0.15, 0.2) is 18.9 Å². The number of para-hydroxylation sites is 1. The number of thioether (sulfide) groups is 1. The molecule has 0 unspecified atom stereocenters. The molecule has 0 fully saturated rings. The third kappa shape index (κ3) is 4.99. The molecule has 1 aromatic carbocycles. The Kier molecular flexibility index (Phi) is 5.84. The number of aryl methyl sites for hydroxylation is 1. The molecular weight excluding hydrogens is 338 g/mol. The third-order valence-corrected chi connectivity index (χ3v) is 5.65. The van der Waals surface area contributed by atoms with Crippen LogP contribution in [0.25, 0.3) is 6.08 Å². The highest BCUT2D eigenvalue weighted by molar-refractivity contribution is 8.03. The number of rotatable bonds is 6. The molecule has 3 rings (SSSR count). The van der Waals surface area contributed by atoms with E-state index in [0.29, 0.717) is 0 Å². The fourth-order valence-electron chi connectivity index (χ4n) is 2.96. The molecule has 0 atom stereocenters. The maximum absolute atomic E-state index is 2.27. The first-order chi connectivity index (χ1) is 12.4. The van der Waals surface area contributed by atoms with Crippen molar-refractivity contribution in [2.75, 3.05) is 39.6 Å². The van der Waals surface area contributed by atoms with Crippen molar-refractivity contribution in [2.45, 2.75) is 17.9 Å². The van der Waals surface area contributed by atoms with Crippen LogP contribution in [0.3, 0.4) is 0 Å². The Morgan fingerprint density at radius 1 is 1.08 bits per heavy atom. The van der Waals surface area contributed by atoms with E-state index < -0.39 is 0 Å². The Morgan fingerprint density at radius 3 is 2.50 bits per heavy atom. The number of fused-ring (bicyclic) bond motifs is 1. The Labute approximate surface area is 161 Å². The summed E-state index contributed by atoms with van der Waals surface area (Å²) in [4.78, 5) is 3.57. The molecule has 0 spiro atoms. The van der Waals surface area contributed by atoms with Crippen LogP contribution in [0.4, 0.5) is 5.69 Å². The van der Waals surface area contributed by atoms with Gasteiger partial charge in [0.1, 0.15) is 0 Å². The first-order valence-corrected chi connectivity index (χ1v) is 9.93. The van der Waals surface area contributed by atoms with Crippen molar-refractivity contribution in [3.8, 4) is 0 Å². The Hall–Kier alpha value is -2.04. The number of anilines is 1. The van der Waals surface area contributed by atoms with E-state index in [2.05, 4.69) is 105 Å². The minimum absolute atomic E-state index is 1.02. The van der Waals surface area contributed by atoms with Crippen LogP contribution in [0, 0.1) is 0 Å². The van der Waals surface area contributed by atoms with E-state index in [0.717, 1.165) is 11.0 Å². The number of aromatic nitrogens is 1. The topological polar surface area (TPSA) is 7.12 Å². The molecule has 0 radical (unpaired) electrons. The monoisotopic (exact) mass is 367 g/mol. The lowest BCUT2D eigenvalue weighted by Gasteiger charge is -2.22. The highest BCUT2D eigenvalue weighted by Crippen LogP contribution is 2.44. The van der Waals surface area contributed by atoms with Crippen LogP contribution in [-0.4, -0.2) is 39.2 Å². The maximum Gasteiger partial charge on any atom is 0.169 e. The van der Waals surface area contributed by atoms with Crippen LogP contribution < -0.4 is 9.47 Å². The van der Waals surface area contributed by atoms with Gasteiger partial charge in [-0.25, -0.2) is 4.57 Å². The Morgan fingerprint density at radius 2 is 1.81 bits per heavy atom. The van der Waals surface area contributed by atoms with Gasteiger partial charge in [-0.1, -0.05) is 36.0 Å². The second kappa shape index (κ2) is 8.11. The van der Waals surface area contributed by atoms with Gasteiger partial charge >= 0.3 is 0 Å². The zero-order valence-corrected chi connectivity index (χ0v) is 17.0. The first-order valence-electron chi connectivity index (χ1n) is 9.11. The van der Waals surface area contributed by atoms with E-state index in [4.69, 9.17) is 0 Å². The van der Waals surface area contributed by atoms with Crippen LogP contribution in [-0.2, 0) is 6.54 Å². The zero-order valence-electron chi connectivity index (χ0n) is 16.2. The van der Waals surface area contributed by atoms with Crippen molar-refractivity contribution in [3.05, 3.63) is 71.5 Å². The Bertz CT molecular complexity index is 801. The lowest BCUT2D eigenvalue weighted by molar-refractivity contribution is -0.873. The van der Waals surface area contributed by atoms with E-state index in [9.17, 15) is 0 Å². The minimum atomic E-state index is 1.02. The van der Waals surface area contributed by atoms with Crippen molar-refractivity contribution < 1.29 is 9.05 Å². The minimum Gasteiger partial charge on any atom is -0.338 e. The largest absolute Gasteiger partial charge is 0.338 e. The highest BCUT2D eigenvalue weighted by atomic mass is 32.2. The van der Waals surface area contributed by atoms with Crippen molar-refractivity contribution in [1.82, 2.24) is 0 Å². The van der Waals surface area contributed by atoms with Gasteiger partial charge in [0.2, 0.25) is 0 Å². The summed E-state index contributed by atoms with van der Waals surface area (Å²) in [6.45, 7) is 2.26. The summed E-state index contributed by atoms with van der Waals surface area (Å²) in [5, 5.41) is 1.26. The molecule has 1 aromatic heterocycles. The number of nitrogens with zero attached hydrogens (tertiary/aromatic N) is 3. The molecule has 26 heavy (non-hydrogen) atoms. The van der Waals surface area contributed by atoms with Gasteiger partial charge in [0, 0.05) is 24.1 Å². The summed E-state index contributed by atoms with van der Waals surface area (Å²) in [5.74, 6) is 0. The number of allylic oxidation sites excluding steroid dienone is 2. The van der Waals surface area contributed by atoms with E-state index in [1.807, 2.05) is 11.8 Å². The average Bonchev–Trinajstić information content (AvgIpc) is 2.92. The van der Waals surface area contributed by atoms with Gasteiger partial charge in [-0.15, -0.1) is 0 Å². The van der Waals surface area contributed by atoms with Crippen LogP contribution in [0.5, 0.6) is 0 Å². The summed E-state index contributed by atoms with van der Waals surface area (Å²) in [5.41, 5.74) is 2.51.